The molecule has 29 heavy (non-hydrogen) atoms. The van der Waals surface area contributed by atoms with Crippen LogP contribution in [0.15, 0.2) is 84.9 Å². The molecule has 5 nitrogen and oxygen atoms in total. The first-order valence-corrected chi connectivity index (χ1v) is 9.37. The van der Waals surface area contributed by atoms with Crippen LogP contribution in [-0.2, 0) is 15.1 Å². The molecule has 0 unspecified atom stereocenters. The summed E-state index contributed by atoms with van der Waals surface area (Å²) in [6, 6.07) is 23.9. The highest BCUT2D eigenvalue weighted by Gasteiger charge is 2.39. The minimum Gasteiger partial charge on any atom is -0.459 e. The Kier molecular flexibility index (Phi) is 6.10. The number of esters is 1. The number of rotatable bonds is 6. The Morgan fingerprint density at radius 1 is 0.862 bits per heavy atom. The standard InChI is InChI=1S/C24H23NO4/c1-17(2)29-22(26)18-10-9-15-21(16-18)25-23(27)24(28,19-11-5-3-6-12-19)20-13-7-4-8-14-20/h3-17,28H,1-2H3,(H,25,27). The second-order valence-corrected chi connectivity index (χ2v) is 6.93. The summed E-state index contributed by atoms with van der Waals surface area (Å²) in [4.78, 5) is 25.4. The summed E-state index contributed by atoms with van der Waals surface area (Å²) in [5.74, 6) is -1.10. The van der Waals surface area contributed by atoms with E-state index in [-0.39, 0.29) is 6.10 Å². The van der Waals surface area contributed by atoms with Gasteiger partial charge in [0, 0.05) is 5.69 Å². The first-order chi connectivity index (χ1) is 13.9. The van der Waals surface area contributed by atoms with Crippen molar-refractivity contribution in [3.05, 3.63) is 102 Å². The second kappa shape index (κ2) is 8.71. The molecule has 3 rings (SSSR count). The third-order valence-electron chi connectivity index (χ3n) is 4.41. The minimum absolute atomic E-state index is 0.248. The van der Waals surface area contributed by atoms with Gasteiger partial charge < -0.3 is 15.2 Å². The fourth-order valence-electron chi connectivity index (χ4n) is 3.02. The van der Waals surface area contributed by atoms with E-state index < -0.39 is 17.5 Å². The average Bonchev–Trinajstić information content (AvgIpc) is 2.74. The van der Waals surface area contributed by atoms with Gasteiger partial charge in [-0.15, -0.1) is 0 Å². The Bertz CT molecular complexity index is 945. The third kappa shape index (κ3) is 4.52. The number of nitrogens with one attached hydrogen (secondary N) is 1. The lowest BCUT2D eigenvalue weighted by molar-refractivity contribution is -0.131. The summed E-state index contributed by atoms with van der Waals surface area (Å²) in [6.45, 7) is 3.53. The van der Waals surface area contributed by atoms with Gasteiger partial charge in [-0.25, -0.2) is 4.79 Å². The molecule has 0 heterocycles. The number of benzene rings is 3. The van der Waals surface area contributed by atoms with E-state index in [0.29, 0.717) is 22.4 Å². The molecule has 3 aromatic carbocycles. The predicted molar refractivity (Wildman–Crippen MR) is 112 cm³/mol. The van der Waals surface area contributed by atoms with E-state index in [1.165, 1.54) is 6.07 Å². The quantitative estimate of drug-likeness (QED) is 0.622. The van der Waals surface area contributed by atoms with E-state index >= 15 is 0 Å². The molecule has 0 saturated heterocycles. The smallest absolute Gasteiger partial charge is 0.338 e. The second-order valence-electron chi connectivity index (χ2n) is 6.93. The maximum Gasteiger partial charge on any atom is 0.338 e. The molecule has 0 aliphatic rings. The van der Waals surface area contributed by atoms with Gasteiger partial charge in [-0.05, 0) is 43.2 Å². The zero-order valence-electron chi connectivity index (χ0n) is 16.3. The monoisotopic (exact) mass is 389 g/mol. The van der Waals surface area contributed by atoms with Crippen LogP contribution in [0.1, 0.15) is 35.3 Å². The van der Waals surface area contributed by atoms with Crippen molar-refractivity contribution in [3.63, 3.8) is 0 Å². The van der Waals surface area contributed by atoms with Gasteiger partial charge in [0.2, 0.25) is 0 Å². The Morgan fingerprint density at radius 2 is 1.41 bits per heavy atom. The Labute approximate surface area is 170 Å². The van der Waals surface area contributed by atoms with Crippen LogP contribution < -0.4 is 5.32 Å². The van der Waals surface area contributed by atoms with Crippen LogP contribution in [-0.4, -0.2) is 23.1 Å². The van der Waals surface area contributed by atoms with Crippen LogP contribution in [0.2, 0.25) is 0 Å². The van der Waals surface area contributed by atoms with Crippen LogP contribution in [0.25, 0.3) is 0 Å². The summed E-state index contributed by atoms with van der Waals surface area (Å²) in [5, 5.41) is 14.2. The number of anilines is 1. The van der Waals surface area contributed by atoms with E-state index in [0.717, 1.165) is 0 Å². The van der Waals surface area contributed by atoms with Gasteiger partial charge in [-0.1, -0.05) is 66.7 Å². The highest BCUT2D eigenvalue weighted by atomic mass is 16.5. The van der Waals surface area contributed by atoms with Crippen LogP contribution in [0.5, 0.6) is 0 Å². The van der Waals surface area contributed by atoms with Gasteiger partial charge in [-0.2, -0.15) is 0 Å². The van der Waals surface area contributed by atoms with Gasteiger partial charge in [-0.3, -0.25) is 4.79 Å². The molecule has 0 spiro atoms. The van der Waals surface area contributed by atoms with Crippen LogP contribution in [0.4, 0.5) is 5.69 Å². The molecule has 2 N–H and O–H groups in total. The first-order valence-electron chi connectivity index (χ1n) is 9.37. The number of ether oxygens (including phenoxy) is 1. The summed E-state index contributed by atoms with van der Waals surface area (Å²) in [6.07, 6.45) is -0.248. The minimum atomic E-state index is -1.89. The van der Waals surface area contributed by atoms with Crippen molar-refractivity contribution in [2.75, 3.05) is 5.32 Å². The van der Waals surface area contributed by atoms with E-state index in [4.69, 9.17) is 4.74 Å². The maximum atomic E-state index is 13.2. The molecule has 0 bridgehead atoms. The molecule has 0 atom stereocenters. The van der Waals surface area contributed by atoms with Crippen molar-refractivity contribution >= 4 is 17.6 Å². The molecule has 0 aromatic heterocycles. The van der Waals surface area contributed by atoms with Gasteiger partial charge >= 0.3 is 5.97 Å². The molecular formula is C24H23NO4. The molecule has 3 aromatic rings. The van der Waals surface area contributed by atoms with Crippen molar-refractivity contribution in [2.45, 2.75) is 25.6 Å². The van der Waals surface area contributed by atoms with Gasteiger partial charge in [0.1, 0.15) is 0 Å². The number of hydrogen-bond acceptors (Lipinski definition) is 4. The van der Waals surface area contributed by atoms with Gasteiger partial charge in [0.15, 0.2) is 5.60 Å². The zero-order chi connectivity index (χ0) is 20.9. The summed E-state index contributed by atoms with van der Waals surface area (Å²) in [5.41, 5.74) is -0.298. The molecular weight excluding hydrogens is 366 g/mol. The lowest BCUT2D eigenvalue weighted by Crippen LogP contribution is -2.41. The predicted octanol–water partition coefficient (Wildman–Crippen LogP) is 4.13. The highest BCUT2D eigenvalue weighted by molar-refractivity contribution is 6.01. The third-order valence-corrected chi connectivity index (χ3v) is 4.41. The fourth-order valence-corrected chi connectivity index (χ4v) is 3.02. The molecule has 0 radical (unpaired) electrons. The topological polar surface area (TPSA) is 75.6 Å². The van der Waals surface area contributed by atoms with Crippen molar-refractivity contribution in [1.29, 1.82) is 0 Å². The summed E-state index contributed by atoms with van der Waals surface area (Å²) < 4.78 is 5.20. The van der Waals surface area contributed by atoms with Crippen molar-refractivity contribution in [1.82, 2.24) is 0 Å². The molecule has 0 saturated carbocycles. The average molecular weight is 389 g/mol. The van der Waals surface area contributed by atoms with E-state index in [1.54, 1.807) is 80.6 Å². The lowest BCUT2D eigenvalue weighted by Gasteiger charge is -2.28. The first kappa shape index (κ1) is 20.3. The van der Waals surface area contributed by atoms with Crippen LogP contribution in [0.3, 0.4) is 0 Å². The van der Waals surface area contributed by atoms with Crippen LogP contribution in [0, 0.1) is 0 Å². The number of amides is 1. The largest absolute Gasteiger partial charge is 0.459 e. The van der Waals surface area contributed by atoms with Gasteiger partial charge in [0.25, 0.3) is 5.91 Å². The number of carbonyl (C=O) groups is 2. The van der Waals surface area contributed by atoms with E-state index in [9.17, 15) is 14.7 Å². The van der Waals surface area contributed by atoms with Crippen molar-refractivity contribution < 1.29 is 19.4 Å². The molecule has 148 valence electrons. The SMILES string of the molecule is CC(C)OC(=O)c1cccc(NC(=O)C(O)(c2ccccc2)c2ccccc2)c1. The maximum absolute atomic E-state index is 13.2. The fraction of sp³-hybridized carbons (Fsp3) is 0.167. The van der Waals surface area contributed by atoms with E-state index in [2.05, 4.69) is 5.32 Å². The number of aliphatic hydroxyl groups is 1. The number of hydrogen-bond donors (Lipinski definition) is 2. The van der Waals surface area contributed by atoms with Crippen molar-refractivity contribution in [2.24, 2.45) is 0 Å². The molecule has 0 aliphatic carbocycles. The van der Waals surface area contributed by atoms with Crippen molar-refractivity contribution in [3.8, 4) is 0 Å². The normalized spacial score (nSPS) is 11.2. The highest BCUT2D eigenvalue weighted by Crippen LogP contribution is 2.31. The Morgan fingerprint density at radius 3 is 1.93 bits per heavy atom. The Hall–Kier alpha value is -3.44. The molecule has 0 fully saturated rings. The lowest BCUT2D eigenvalue weighted by atomic mass is 9.85. The van der Waals surface area contributed by atoms with Crippen LogP contribution >= 0.6 is 0 Å². The molecule has 1 amide bonds. The number of carbonyl (C=O) groups excluding carboxylic acids is 2. The summed E-state index contributed by atoms with van der Waals surface area (Å²) >= 11 is 0. The molecule has 5 heteroatoms. The molecule has 0 aliphatic heterocycles. The zero-order valence-corrected chi connectivity index (χ0v) is 16.3. The van der Waals surface area contributed by atoms with Gasteiger partial charge in [0.05, 0.1) is 11.7 Å². The van der Waals surface area contributed by atoms with E-state index in [1.807, 2.05) is 12.1 Å². The summed E-state index contributed by atoms with van der Waals surface area (Å²) in [7, 11) is 0. The Balaban J connectivity index is 1.94.